The van der Waals surface area contributed by atoms with Crippen molar-refractivity contribution in [3.8, 4) is 0 Å². The second-order valence-corrected chi connectivity index (χ2v) is 4.90. The zero-order chi connectivity index (χ0) is 17.1. The second-order valence-electron chi connectivity index (χ2n) is 4.90. The Morgan fingerprint density at radius 2 is 1.50 bits per heavy atom. The Labute approximate surface area is 129 Å². The fourth-order valence-corrected chi connectivity index (χ4v) is 1.66. The molecule has 0 aliphatic carbocycles. The molecule has 0 bridgehead atoms. The number of carboxylic acid groups (broad SMARTS) is 2. The van der Waals surface area contributed by atoms with Crippen molar-refractivity contribution in [1.82, 2.24) is 4.90 Å². The van der Waals surface area contributed by atoms with E-state index in [1.54, 1.807) is 0 Å². The minimum absolute atomic E-state index is 0.0624. The van der Waals surface area contributed by atoms with E-state index < -0.39 is 11.9 Å². The van der Waals surface area contributed by atoms with Gasteiger partial charge in [-0.15, -0.1) is 0 Å². The Hall–Kier alpha value is -2.47. The quantitative estimate of drug-likeness (QED) is 0.614. The molecule has 0 saturated carbocycles. The molecule has 6 nitrogen and oxygen atoms in total. The highest BCUT2D eigenvalue weighted by atomic mass is 16.4. The van der Waals surface area contributed by atoms with E-state index in [2.05, 4.69) is 0 Å². The first-order valence-electron chi connectivity index (χ1n) is 6.62. The molecular formula is C16H21NO5. The zero-order valence-corrected chi connectivity index (χ0v) is 12.9. The van der Waals surface area contributed by atoms with Gasteiger partial charge in [-0.05, 0) is 14.1 Å². The molecular weight excluding hydrogens is 286 g/mol. The van der Waals surface area contributed by atoms with Crippen molar-refractivity contribution in [2.45, 2.75) is 6.92 Å². The van der Waals surface area contributed by atoms with Crippen molar-refractivity contribution < 1.29 is 24.6 Å². The number of aliphatic carboxylic acids is 2. The van der Waals surface area contributed by atoms with Crippen LogP contribution in [0.1, 0.15) is 17.3 Å². The maximum Gasteiger partial charge on any atom is 0.328 e. The Morgan fingerprint density at radius 1 is 1.05 bits per heavy atom. The summed E-state index contributed by atoms with van der Waals surface area (Å²) in [4.78, 5) is 33.0. The third-order valence-electron chi connectivity index (χ3n) is 2.51. The molecule has 1 atom stereocenters. The van der Waals surface area contributed by atoms with Gasteiger partial charge in [0.05, 0.1) is 0 Å². The van der Waals surface area contributed by atoms with Gasteiger partial charge in [-0.25, -0.2) is 9.59 Å². The van der Waals surface area contributed by atoms with Gasteiger partial charge in [-0.3, -0.25) is 4.79 Å². The predicted octanol–water partition coefficient (Wildman–Crippen LogP) is 1.78. The molecule has 0 aromatic heterocycles. The van der Waals surface area contributed by atoms with Gasteiger partial charge >= 0.3 is 11.9 Å². The van der Waals surface area contributed by atoms with Crippen LogP contribution in [0.25, 0.3) is 0 Å². The van der Waals surface area contributed by atoms with Gasteiger partial charge in [-0.2, -0.15) is 0 Å². The van der Waals surface area contributed by atoms with E-state index in [4.69, 9.17) is 10.2 Å². The van der Waals surface area contributed by atoms with E-state index in [9.17, 15) is 14.4 Å². The van der Waals surface area contributed by atoms with Crippen LogP contribution in [0.2, 0.25) is 0 Å². The third-order valence-corrected chi connectivity index (χ3v) is 2.51. The van der Waals surface area contributed by atoms with Crippen molar-refractivity contribution in [3.63, 3.8) is 0 Å². The normalized spacial score (nSPS) is 11.6. The van der Waals surface area contributed by atoms with Gasteiger partial charge in [0, 0.05) is 30.2 Å². The summed E-state index contributed by atoms with van der Waals surface area (Å²) in [5.41, 5.74) is 0.807. The summed E-state index contributed by atoms with van der Waals surface area (Å²) >= 11 is 0. The number of carbonyl (C=O) groups excluding carboxylic acids is 1. The molecule has 0 radical (unpaired) electrons. The molecule has 120 valence electrons. The average molecular weight is 307 g/mol. The summed E-state index contributed by atoms with van der Waals surface area (Å²) in [6.45, 7) is 2.77. The minimum atomic E-state index is -1.26. The first-order valence-corrected chi connectivity index (χ1v) is 6.62. The Morgan fingerprint density at radius 3 is 1.86 bits per heavy atom. The molecule has 0 fully saturated rings. The van der Waals surface area contributed by atoms with Crippen molar-refractivity contribution in [2.75, 3.05) is 20.6 Å². The van der Waals surface area contributed by atoms with Crippen LogP contribution in [0.5, 0.6) is 0 Å². The lowest BCUT2D eigenvalue weighted by atomic mass is 9.99. The van der Waals surface area contributed by atoms with Gasteiger partial charge in [0.1, 0.15) is 0 Å². The zero-order valence-electron chi connectivity index (χ0n) is 12.9. The van der Waals surface area contributed by atoms with Crippen LogP contribution in [0.4, 0.5) is 0 Å². The molecule has 0 spiro atoms. The van der Waals surface area contributed by atoms with E-state index in [-0.39, 0.29) is 11.7 Å². The van der Waals surface area contributed by atoms with Crippen LogP contribution in [0, 0.1) is 5.92 Å². The van der Waals surface area contributed by atoms with Crippen LogP contribution >= 0.6 is 0 Å². The second kappa shape index (κ2) is 10.3. The monoisotopic (exact) mass is 307 g/mol. The lowest BCUT2D eigenvalue weighted by Crippen LogP contribution is -2.25. The van der Waals surface area contributed by atoms with Gasteiger partial charge < -0.3 is 15.1 Å². The number of hydrogen-bond acceptors (Lipinski definition) is 4. The lowest BCUT2D eigenvalue weighted by molar-refractivity contribution is -0.134. The molecule has 1 unspecified atom stereocenters. The molecule has 1 aromatic carbocycles. The number of rotatable bonds is 6. The molecule has 1 aromatic rings. The summed E-state index contributed by atoms with van der Waals surface area (Å²) in [5, 5.41) is 15.6. The van der Waals surface area contributed by atoms with Crippen molar-refractivity contribution >= 4 is 17.7 Å². The number of hydrogen-bond donors (Lipinski definition) is 2. The summed E-state index contributed by atoms with van der Waals surface area (Å²) < 4.78 is 0. The third kappa shape index (κ3) is 9.44. The van der Waals surface area contributed by atoms with Crippen molar-refractivity contribution in [1.29, 1.82) is 0 Å². The molecule has 22 heavy (non-hydrogen) atoms. The van der Waals surface area contributed by atoms with E-state index in [1.165, 1.54) is 0 Å². The number of benzene rings is 1. The largest absolute Gasteiger partial charge is 0.478 e. The van der Waals surface area contributed by atoms with E-state index >= 15 is 0 Å². The first kappa shape index (κ1) is 19.5. The molecule has 6 heteroatoms. The van der Waals surface area contributed by atoms with Crippen molar-refractivity contribution in [2.24, 2.45) is 5.92 Å². The summed E-state index contributed by atoms with van der Waals surface area (Å²) in [6, 6.07) is 9.46. The molecule has 0 heterocycles. The van der Waals surface area contributed by atoms with Gasteiger partial charge in [0.15, 0.2) is 5.78 Å². The highest BCUT2D eigenvalue weighted by Crippen LogP contribution is 2.08. The smallest absolute Gasteiger partial charge is 0.328 e. The Bertz CT molecular complexity index is 507. The van der Waals surface area contributed by atoms with E-state index in [1.807, 2.05) is 56.3 Å². The van der Waals surface area contributed by atoms with Crippen LogP contribution < -0.4 is 0 Å². The highest BCUT2D eigenvalue weighted by molar-refractivity contribution is 5.97. The van der Waals surface area contributed by atoms with Crippen LogP contribution in [-0.4, -0.2) is 53.5 Å². The summed E-state index contributed by atoms with van der Waals surface area (Å²) in [6.07, 6.45) is 1.12. The topological polar surface area (TPSA) is 94.9 Å². The standard InChI is InChI=1S/C12H17NO.C4H4O4/c1-10(9-13(2)3)12(14)11-7-5-4-6-8-11;5-3(6)1-2-4(7)8/h4-8,10H,9H2,1-3H3;1-2H,(H,5,6)(H,7,8)/b;2-1+. The first-order chi connectivity index (χ1) is 10.2. The Balaban J connectivity index is 0.000000472. The molecule has 0 aliphatic heterocycles. The van der Waals surface area contributed by atoms with Gasteiger partial charge in [-0.1, -0.05) is 37.3 Å². The van der Waals surface area contributed by atoms with Crippen LogP contribution in [0.15, 0.2) is 42.5 Å². The maximum absolute atomic E-state index is 11.9. The fraction of sp³-hybridized carbons (Fsp3) is 0.312. The molecule has 0 amide bonds. The highest BCUT2D eigenvalue weighted by Gasteiger charge is 2.14. The number of ketones is 1. The van der Waals surface area contributed by atoms with Crippen molar-refractivity contribution in [3.05, 3.63) is 48.0 Å². The summed E-state index contributed by atoms with van der Waals surface area (Å²) in [5.74, 6) is -2.23. The number of Topliss-reactive ketones (excluding diaryl/α,β-unsaturated/α-hetero) is 1. The molecule has 0 saturated heterocycles. The average Bonchev–Trinajstić information content (AvgIpc) is 2.45. The number of carbonyl (C=O) groups is 3. The number of carboxylic acids is 2. The van der Waals surface area contributed by atoms with Crippen LogP contribution in [-0.2, 0) is 9.59 Å². The Kier molecular flexibility index (Phi) is 9.13. The van der Waals surface area contributed by atoms with E-state index in [0.29, 0.717) is 12.2 Å². The van der Waals surface area contributed by atoms with Gasteiger partial charge in [0.25, 0.3) is 0 Å². The molecule has 2 N–H and O–H groups in total. The minimum Gasteiger partial charge on any atom is -0.478 e. The van der Waals surface area contributed by atoms with Gasteiger partial charge in [0.2, 0.25) is 0 Å². The maximum atomic E-state index is 11.9. The lowest BCUT2D eigenvalue weighted by Gasteiger charge is -2.15. The summed E-state index contributed by atoms with van der Waals surface area (Å²) in [7, 11) is 3.96. The molecule has 0 aliphatic rings. The molecule has 1 rings (SSSR count). The predicted molar refractivity (Wildman–Crippen MR) is 82.9 cm³/mol. The number of nitrogens with zero attached hydrogens (tertiary/aromatic N) is 1. The van der Waals surface area contributed by atoms with Crippen LogP contribution in [0.3, 0.4) is 0 Å². The van der Waals surface area contributed by atoms with E-state index in [0.717, 1.165) is 12.1 Å². The fourth-order valence-electron chi connectivity index (χ4n) is 1.66. The SMILES string of the molecule is CC(CN(C)C)C(=O)c1ccccc1.O=C(O)/C=C/C(=O)O.